The highest BCUT2D eigenvalue weighted by Crippen LogP contribution is 2.15. The number of hydrogen-bond acceptors (Lipinski definition) is 3. The predicted octanol–water partition coefficient (Wildman–Crippen LogP) is 2.55. The topological polar surface area (TPSA) is 44.5 Å². The molecule has 1 heterocycles. The van der Waals surface area contributed by atoms with E-state index in [1.165, 1.54) is 12.5 Å². The van der Waals surface area contributed by atoms with Crippen LogP contribution in [-0.2, 0) is 16.1 Å². The Labute approximate surface area is 117 Å². The molecule has 0 amide bonds. The third-order valence-corrected chi connectivity index (χ3v) is 3.40. The van der Waals surface area contributed by atoms with Crippen molar-refractivity contribution < 1.29 is 13.9 Å². The van der Waals surface area contributed by atoms with Gasteiger partial charge in [-0.05, 0) is 37.5 Å². The standard InChI is InChI=1S/C14H18FNO2S/c15-13-5-4-10(14(16)19)7-11(13)8-17-9-12-3-1-2-6-18-12/h4-5,7,12H,1-3,6,8-9H2,(H2,16,19). The van der Waals surface area contributed by atoms with Crippen LogP contribution in [-0.4, -0.2) is 24.3 Å². The zero-order valence-electron chi connectivity index (χ0n) is 10.7. The van der Waals surface area contributed by atoms with Gasteiger partial charge in [0, 0.05) is 17.7 Å². The Kier molecular flexibility index (Phi) is 5.24. The van der Waals surface area contributed by atoms with Crippen molar-refractivity contribution in [2.24, 2.45) is 5.73 Å². The number of benzene rings is 1. The molecule has 1 fully saturated rings. The van der Waals surface area contributed by atoms with Crippen molar-refractivity contribution in [3.05, 3.63) is 35.1 Å². The van der Waals surface area contributed by atoms with Crippen LogP contribution < -0.4 is 5.73 Å². The number of halogens is 1. The Hall–Kier alpha value is -1.04. The highest BCUT2D eigenvalue weighted by atomic mass is 32.1. The molecule has 2 N–H and O–H groups in total. The van der Waals surface area contributed by atoms with Crippen molar-refractivity contribution in [1.82, 2.24) is 0 Å². The summed E-state index contributed by atoms with van der Waals surface area (Å²) in [4.78, 5) is 0.261. The van der Waals surface area contributed by atoms with Crippen molar-refractivity contribution in [1.29, 1.82) is 0 Å². The normalized spacial score (nSPS) is 19.3. The number of hydrogen-bond donors (Lipinski definition) is 1. The quantitative estimate of drug-likeness (QED) is 0.844. The Morgan fingerprint density at radius 1 is 1.47 bits per heavy atom. The minimum Gasteiger partial charge on any atom is -0.389 e. The van der Waals surface area contributed by atoms with E-state index in [2.05, 4.69) is 0 Å². The summed E-state index contributed by atoms with van der Waals surface area (Å²) in [5.74, 6) is -0.301. The molecule has 0 radical (unpaired) electrons. The Bertz CT molecular complexity index is 447. The predicted molar refractivity (Wildman–Crippen MR) is 75.5 cm³/mol. The lowest BCUT2D eigenvalue weighted by Gasteiger charge is -2.22. The molecule has 5 heteroatoms. The van der Waals surface area contributed by atoms with Gasteiger partial charge in [-0.2, -0.15) is 0 Å². The number of nitrogens with two attached hydrogens (primary N) is 1. The van der Waals surface area contributed by atoms with E-state index >= 15 is 0 Å². The maximum absolute atomic E-state index is 13.6. The smallest absolute Gasteiger partial charge is 0.128 e. The van der Waals surface area contributed by atoms with Gasteiger partial charge in [0.05, 0.1) is 19.3 Å². The van der Waals surface area contributed by atoms with E-state index in [4.69, 9.17) is 27.4 Å². The Morgan fingerprint density at radius 2 is 2.32 bits per heavy atom. The molecule has 1 saturated heterocycles. The molecule has 1 aromatic rings. The van der Waals surface area contributed by atoms with Crippen molar-refractivity contribution in [2.75, 3.05) is 13.2 Å². The molecule has 1 unspecified atom stereocenters. The summed E-state index contributed by atoms with van der Waals surface area (Å²) in [6.07, 6.45) is 3.42. The molecule has 1 aliphatic heterocycles. The van der Waals surface area contributed by atoms with Crippen molar-refractivity contribution in [2.45, 2.75) is 32.0 Å². The lowest BCUT2D eigenvalue weighted by atomic mass is 10.1. The highest BCUT2D eigenvalue weighted by Gasteiger charge is 2.14. The first kappa shape index (κ1) is 14.4. The summed E-state index contributed by atoms with van der Waals surface area (Å²) in [6.45, 7) is 1.50. The molecule has 104 valence electrons. The van der Waals surface area contributed by atoms with Crippen molar-refractivity contribution in [3.8, 4) is 0 Å². The van der Waals surface area contributed by atoms with E-state index in [-0.39, 0.29) is 23.5 Å². The van der Waals surface area contributed by atoms with Gasteiger partial charge < -0.3 is 15.2 Å². The average Bonchev–Trinajstić information content (AvgIpc) is 2.42. The van der Waals surface area contributed by atoms with Crippen LogP contribution in [0.4, 0.5) is 4.39 Å². The number of thiocarbonyl (C=S) groups is 1. The van der Waals surface area contributed by atoms with E-state index in [0.717, 1.165) is 19.4 Å². The van der Waals surface area contributed by atoms with Gasteiger partial charge in [0.25, 0.3) is 0 Å². The average molecular weight is 283 g/mol. The molecule has 0 aromatic heterocycles. The van der Waals surface area contributed by atoms with Crippen LogP contribution in [0, 0.1) is 5.82 Å². The first-order valence-electron chi connectivity index (χ1n) is 6.44. The zero-order chi connectivity index (χ0) is 13.7. The summed E-state index contributed by atoms with van der Waals surface area (Å²) in [5.41, 5.74) is 6.66. The van der Waals surface area contributed by atoms with Gasteiger partial charge in [0.1, 0.15) is 10.8 Å². The third kappa shape index (κ3) is 4.23. The summed E-state index contributed by atoms with van der Waals surface area (Å²) < 4.78 is 24.7. The van der Waals surface area contributed by atoms with Crippen LogP contribution in [0.5, 0.6) is 0 Å². The van der Waals surface area contributed by atoms with Crippen LogP contribution in [0.15, 0.2) is 18.2 Å². The lowest BCUT2D eigenvalue weighted by molar-refractivity contribution is -0.0451. The first-order valence-corrected chi connectivity index (χ1v) is 6.85. The first-order chi connectivity index (χ1) is 9.16. The van der Waals surface area contributed by atoms with Crippen LogP contribution in [0.2, 0.25) is 0 Å². The molecule has 1 aliphatic rings. The van der Waals surface area contributed by atoms with Crippen LogP contribution >= 0.6 is 12.2 Å². The van der Waals surface area contributed by atoms with Gasteiger partial charge in [-0.15, -0.1) is 0 Å². The fourth-order valence-corrected chi connectivity index (χ4v) is 2.20. The second kappa shape index (κ2) is 6.93. The molecule has 0 saturated carbocycles. The molecule has 3 nitrogen and oxygen atoms in total. The summed E-state index contributed by atoms with van der Waals surface area (Å²) in [6, 6.07) is 4.58. The Morgan fingerprint density at radius 3 is 3.00 bits per heavy atom. The van der Waals surface area contributed by atoms with Gasteiger partial charge in [0.15, 0.2) is 0 Å². The largest absolute Gasteiger partial charge is 0.389 e. The van der Waals surface area contributed by atoms with Crippen molar-refractivity contribution >= 4 is 17.2 Å². The van der Waals surface area contributed by atoms with Gasteiger partial charge in [0.2, 0.25) is 0 Å². The molecule has 0 bridgehead atoms. The molecular formula is C14H18FNO2S. The number of ether oxygens (including phenoxy) is 2. The molecule has 2 rings (SSSR count). The van der Waals surface area contributed by atoms with E-state index in [1.807, 2.05) is 0 Å². The Balaban J connectivity index is 1.87. The van der Waals surface area contributed by atoms with E-state index in [0.29, 0.717) is 17.7 Å². The fourth-order valence-electron chi connectivity index (χ4n) is 2.08. The van der Waals surface area contributed by atoms with Crippen LogP contribution in [0.1, 0.15) is 30.4 Å². The SMILES string of the molecule is NC(=S)c1ccc(F)c(COCC2CCCCO2)c1. The van der Waals surface area contributed by atoms with Gasteiger partial charge in [-0.25, -0.2) is 4.39 Å². The summed E-state index contributed by atoms with van der Waals surface area (Å²) >= 11 is 4.87. The summed E-state index contributed by atoms with van der Waals surface area (Å²) in [5, 5.41) is 0. The molecule has 1 aromatic carbocycles. The molecule has 0 spiro atoms. The molecule has 19 heavy (non-hydrogen) atoms. The monoisotopic (exact) mass is 283 g/mol. The zero-order valence-corrected chi connectivity index (χ0v) is 11.5. The third-order valence-electron chi connectivity index (χ3n) is 3.17. The lowest BCUT2D eigenvalue weighted by Crippen LogP contribution is -2.24. The minimum atomic E-state index is -0.301. The fraction of sp³-hybridized carbons (Fsp3) is 0.500. The van der Waals surface area contributed by atoms with Crippen LogP contribution in [0.25, 0.3) is 0 Å². The van der Waals surface area contributed by atoms with Crippen LogP contribution in [0.3, 0.4) is 0 Å². The van der Waals surface area contributed by atoms with Gasteiger partial charge in [-0.3, -0.25) is 0 Å². The van der Waals surface area contributed by atoms with E-state index < -0.39 is 0 Å². The highest BCUT2D eigenvalue weighted by molar-refractivity contribution is 7.80. The molecule has 1 atom stereocenters. The van der Waals surface area contributed by atoms with Gasteiger partial charge >= 0.3 is 0 Å². The number of rotatable bonds is 5. The molecule has 0 aliphatic carbocycles. The van der Waals surface area contributed by atoms with Gasteiger partial charge in [-0.1, -0.05) is 12.2 Å². The van der Waals surface area contributed by atoms with E-state index in [9.17, 15) is 4.39 Å². The maximum Gasteiger partial charge on any atom is 0.128 e. The minimum absolute atomic E-state index is 0.135. The molecular weight excluding hydrogens is 265 g/mol. The maximum atomic E-state index is 13.6. The van der Waals surface area contributed by atoms with Crippen molar-refractivity contribution in [3.63, 3.8) is 0 Å². The second-order valence-corrected chi connectivity index (χ2v) is 5.11. The second-order valence-electron chi connectivity index (χ2n) is 4.67. The summed E-state index contributed by atoms with van der Waals surface area (Å²) in [7, 11) is 0. The van der Waals surface area contributed by atoms with E-state index in [1.54, 1.807) is 12.1 Å².